The maximum atomic E-state index is 9.33. The summed E-state index contributed by atoms with van der Waals surface area (Å²) < 4.78 is 0.963. The highest BCUT2D eigenvalue weighted by Gasteiger charge is 2.15. The fraction of sp³-hybridized carbons (Fsp3) is 0.0714. The fourth-order valence-electron chi connectivity index (χ4n) is 1.78. The van der Waals surface area contributed by atoms with Gasteiger partial charge in [0.1, 0.15) is 0 Å². The molecule has 0 aliphatic heterocycles. The topological polar surface area (TPSA) is 49.8 Å². The molecular formula is C14H11BrN2. The van der Waals surface area contributed by atoms with Crippen LogP contribution in [0.2, 0.25) is 0 Å². The van der Waals surface area contributed by atoms with Crippen LogP contribution in [0.5, 0.6) is 0 Å². The molecule has 0 saturated heterocycles. The predicted molar refractivity (Wildman–Crippen MR) is 72.5 cm³/mol. The average Bonchev–Trinajstić information content (AvgIpc) is 2.33. The molecule has 0 amide bonds. The molecule has 1 atom stereocenters. The fourth-order valence-corrected chi connectivity index (χ4v) is 2.20. The Bertz CT molecular complexity index is 572. The van der Waals surface area contributed by atoms with Crippen molar-refractivity contribution >= 4 is 21.6 Å². The number of nitrogens with two attached hydrogens (primary N) is 1. The van der Waals surface area contributed by atoms with Crippen molar-refractivity contribution in [3.05, 3.63) is 64.1 Å². The number of nitrogens with zero attached hydrogens (tertiary/aromatic N) is 1. The van der Waals surface area contributed by atoms with Crippen molar-refractivity contribution in [2.45, 2.75) is 5.92 Å². The highest BCUT2D eigenvalue weighted by molar-refractivity contribution is 9.10. The Hall–Kier alpha value is -1.79. The molecule has 2 N–H and O–H groups in total. The van der Waals surface area contributed by atoms with Crippen LogP contribution in [-0.2, 0) is 0 Å². The molecule has 0 fully saturated rings. The zero-order valence-electron chi connectivity index (χ0n) is 9.10. The maximum absolute atomic E-state index is 9.33. The normalized spacial score (nSPS) is 11.8. The number of hydrogen-bond acceptors (Lipinski definition) is 2. The third-order valence-electron chi connectivity index (χ3n) is 2.62. The summed E-state index contributed by atoms with van der Waals surface area (Å²) in [6, 6.07) is 17.5. The zero-order valence-corrected chi connectivity index (χ0v) is 10.7. The number of halogens is 1. The quantitative estimate of drug-likeness (QED) is 0.856. The molecule has 1 unspecified atom stereocenters. The Labute approximate surface area is 109 Å². The zero-order chi connectivity index (χ0) is 12.3. The molecular weight excluding hydrogens is 276 g/mol. The van der Waals surface area contributed by atoms with E-state index >= 15 is 0 Å². The van der Waals surface area contributed by atoms with E-state index in [2.05, 4.69) is 22.0 Å². The summed E-state index contributed by atoms with van der Waals surface area (Å²) in [6.45, 7) is 0. The molecule has 0 aliphatic carbocycles. The Morgan fingerprint density at radius 1 is 1.12 bits per heavy atom. The number of hydrogen-bond donors (Lipinski definition) is 1. The van der Waals surface area contributed by atoms with Crippen LogP contribution in [-0.4, -0.2) is 0 Å². The first-order valence-corrected chi connectivity index (χ1v) is 6.01. The second kappa shape index (κ2) is 5.03. The Kier molecular flexibility index (Phi) is 3.46. The number of rotatable bonds is 2. The molecule has 0 radical (unpaired) electrons. The van der Waals surface area contributed by atoms with E-state index in [9.17, 15) is 5.26 Å². The number of anilines is 1. The van der Waals surface area contributed by atoms with E-state index in [4.69, 9.17) is 5.73 Å². The van der Waals surface area contributed by atoms with Gasteiger partial charge < -0.3 is 5.73 Å². The predicted octanol–water partition coefficient (Wildman–Crippen LogP) is 3.69. The first kappa shape index (κ1) is 11.7. The minimum absolute atomic E-state index is 0.325. The van der Waals surface area contributed by atoms with Crippen molar-refractivity contribution in [1.29, 1.82) is 5.26 Å². The Morgan fingerprint density at radius 2 is 1.88 bits per heavy atom. The highest BCUT2D eigenvalue weighted by Crippen LogP contribution is 2.29. The van der Waals surface area contributed by atoms with Gasteiger partial charge >= 0.3 is 0 Å². The molecule has 2 aromatic rings. The summed E-state index contributed by atoms with van der Waals surface area (Å²) >= 11 is 3.41. The smallest absolute Gasteiger partial charge is 0.0982 e. The summed E-state index contributed by atoms with van der Waals surface area (Å²) in [5, 5.41) is 9.33. The van der Waals surface area contributed by atoms with Gasteiger partial charge in [0.05, 0.1) is 12.0 Å². The molecule has 3 heteroatoms. The maximum Gasteiger partial charge on any atom is 0.0982 e. The van der Waals surface area contributed by atoms with Crippen LogP contribution in [0.1, 0.15) is 17.0 Å². The molecule has 17 heavy (non-hydrogen) atoms. The van der Waals surface area contributed by atoms with Gasteiger partial charge in [-0.1, -0.05) is 46.3 Å². The monoisotopic (exact) mass is 286 g/mol. The lowest BCUT2D eigenvalue weighted by Crippen LogP contribution is -2.02. The molecule has 0 spiro atoms. The van der Waals surface area contributed by atoms with E-state index in [0.29, 0.717) is 5.69 Å². The van der Waals surface area contributed by atoms with Gasteiger partial charge in [-0.15, -0.1) is 0 Å². The minimum Gasteiger partial charge on any atom is -0.398 e. The standard InChI is InChI=1S/C14H11BrN2/c15-11-5-3-4-10(8-11)13(9-16)12-6-1-2-7-14(12)17/h1-8,13H,17H2. The lowest BCUT2D eigenvalue weighted by atomic mass is 9.91. The first-order valence-electron chi connectivity index (χ1n) is 5.22. The second-order valence-electron chi connectivity index (χ2n) is 3.75. The number of para-hydroxylation sites is 1. The number of nitriles is 1. The van der Waals surface area contributed by atoms with Crippen LogP contribution in [0.3, 0.4) is 0 Å². The van der Waals surface area contributed by atoms with Crippen molar-refractivity contribution < 1.29 is 0 Å². The van der Waals surface area contributed by atoms with Gasteiger partial charge in [0.25, 0.3) is 0 Å². The van der Waals surface area contributed by atoms with Crippen LogP contribution in [0.4, 0.5) is 5.69 Å². The molecule has 2 aromatic carbocycles. The van der Waals surface area contributed by atoms with Gasteiger partial charge in [-0.05, 0) is 29.3 Å². The van der Waals surface area contributed by atoms with Crippen LogP contribution in [0, 0.1) is 11.3 Å². The van der Waals surface area contributed by atoms with Crippen LogP contribution >= 0.6 is 15.9 Å². The van der Waals surface area contributed by atoms with E-state index in [-0.39, 0.29) is 5.92 Å². The first-order chi connectivity index (χ1) is 8.22. The van der Waals surface area contributed by atoms with E-state index in [1.54, 1.807) is 0 Å². The van der Waals surface area contributed by atoms with Crippen LogP contribution < -0.4 is 5.73 Å². The molecule has 0 bridgehead atoms. The SMILES string of the molecule is N#CC(c1cccc(Br)c1)c1ccccc1N. The van der Waals surface area contributed by atoms with Crippen molar-refractivity contribution in [1.82, 2.24) is 0 Å². The van der Waals surface area contributed by atoms with Gasteiger partial charge in [0.15, 0.2) is 0 Å². The second-order valence-corrected chi connectivity index (χ2v) is 4.66. The van der Waals surface area contributed by atoms with Crippen molar-refractivity contribution in [2.24, 2.45) is 0 Å². The molecule has 0 aliphatic rings. The average molecular weight is 287 g/mol. The Balaban J connectivity index is 2.49. The summed E-state index contributed by atoms with van der Waals surface area (Å²) in [7, 11) is 0. The van der Waals surface area contributed by atoms with E-state index < -0.39 is 0 Å². The third-order valence-corrected chi connectivity index (χ3v) is 3.11. The van der Waals surface area contributed by atoms with Crippen molar-refractivity contribution in [3.63, 3.8) is 0 Å². The Morgan fingerprint density at radius 3 is 2.53 bits per heavy atom. The third kappa shape index (κ3) is 2.48. The lowest BCUT2D eigenvalue weighted by Gasteiger charge is -2.12. The largest absolute Gasteiger partial charge is 0.398 e. The summed E-state index contributed by atoms with van der Waals surface area (Å²) in [4.78, 5) is 0. The van der Waals surface area contributed by atoms with E-state index in [0.717, 1.165) is 15.6 Å². The van der Waals surface area contributed by atoms with E-state index in [1.165, 1.54) is 0 Å². The van der Waals surface area contributed by atoms with Gasteiger partial charge in [0, 0.05) is 10.2 Å². The van der Waals surface area contributed by atoms with Gasteiger partial charge in [-0.3, -0.25) is 0 Å². The van der Waals surface area contributed by atoms with Gasteiger partial charge in [0.2, 0.25) is 0 Å². The van der Waals surface area contributed by atoms with Crippen molar-refractivity contribution in [2.75, 3.05) is 5.73 Å². The molecule has 2 rings (SSSR count). The summed E-state index contributed by atoms with van der Waals surface area (Å²) in [5.74, 6) is -0.325. The van der Waals surface area contributed by atoms with Crippen LogP contribution in [0.25, 0.3) is 0 Å². The molecule has 0 heterocycles. The van der Waals surface area contributed by atoms with Gasteiger partial charge in [-0.25, -0.2) is 0 Å². The molecule has 84 valence electrons. The highest BCUT2D eigenvalue weighted by atomic mass is 79.9. The lowest BCUT2D eigenvalue weighted by molar-refractivity contribution is 1.04. The number of nitrogen functional groups attached to an aromatic ring is 1. The summed E-state index contributed by atoms with van der Waals surface area (Å²) in [5.41, 5.74) is 8.36. The minimum atomic E-state index is -0.325. The summed E-state index contributed by atoms with van der Waals surface area (Å²) in [6.07, 6.45) is 0. The molecule has 2 nitrogen and oxygen atoms in total. The van der Waals surface area contributed by atoms with E-state index in [1.807, 2.05) is 48.5 Å². The number of benzene rings is 2. The molecule has 0 saturated carbocycles. The molecule has 0 aromatic heterocycles. The van der Waals surface area contributed by atoms with Crippen molar-refractivity contribution in [3.8, 4) is 6.07 Å². The van der Waals surface area contributed by atoms with Gasteiger partial charge in [-0.2, -0.15) is 5.26 Å². The van der Waals surface area contributed by atoms with Crippen LogP contribution in [0.15, 0.2) is 53.0 Å².